The Kier molecular flexibility index (Phi) is 8.07. The van der Waals surface area contributed by atoms with Crippen LogP contribution in [0.5, 0.6) is 0 Å². The van der Waals surface area contributed by atoms with Crippen LogP contribution < -0.4 is 11.1 Å². The van der Waals surface area contributed by atoms with E-state index in [4.69, 9.17) is 5.73 Å². The van der Waals surface area contributed by atoms with Crippen LogP contribution in [-0.4, -0.2) is 18.0 Å². The Bertz CT molecular complexity index is 520. The lowest BCUT2D eigenvalue weighted by Gasteiger charge is -2.31. The summed E-state index contributed by atoms with van der Waals surface area (Å²) in [5.74, 6) is 0.0235. The molecule has 0 radical (unpaired) electrons. The molecule has 0 aliphatic carbocycles. The van der Waals surface area contributed by atoms with Crippen LogP contribution in [0.25, 0.3) is 0 Å². The van der Waals surface area contributed by atoms with Gasteiger partial charge in [-0.15, -0.1) is 12.4 Å². The van der Waals surface area contributed by atoms with Crippen molar-refractivity contribution in [2.45, 2.75) is 45.3 Å². The standard InChI is InChI=1S/C16H23F3N2O.ClH/c1-11(2)9-15(3,10-20)21-14(22)8-12-5-4-6-13(7-12)16(17,18)19;/h4-7,11H,8-10,20H2,1-3H3,(H,21,22);1H. The van der Waals surface area contributed by atoms with E-state index in [9.17, 15) is 18.0 Å². The summed E-state index contributed by atoms with van der Waals surface area (Å²) in [6, 6.07) is 4.81. The summed E-state index contributed by atoms with van der Waals surface area (Å²) in [7, 11) is 0. The monoisotopic (exact) mass is 352 g/mol. The molecule has 0 aliphatic heterocycles. The zero-order valence-electron chi connectivity index (χ0n) is 13.5. The van der Waals surface area contributed by atoms with Gasteiger partial charge in [-0.2, -0.15) is 13.2 Å². The molecule has 0 fully saturated rings. The van der Waals surface area contributed by atoms with Gasteiger partial charge in [0.25, 0.3) is 0 Å². The lowest BCUT2D eigenvalue weighted by atomic mass is 9.90. The van der Waals surface area contributed by atoms with Gasteiger partial charge in [-0.3, -0.25) is 4.79 Å². The molecule has 0 aliphatic rings. The van der Waals surface area contributed by atoms with Gasteiger partial charge in [0.2, 0.25) is 5.91 Å². The fourth-order valence-corrected chi connectivity index (χ4v) is 2.51. The molecule has 0 spiro atoms. The van der Waals surface area contributed by atoms with E-state index in [0.29, 0.717) is 17.9 Å². The summed E-state index contributed by atoms with van der Waals surface area (Å²) < 4.78 is 38.0. The zero-order chi connectivity index (χ0) is 17.0. The maximum Gasteiger partial charge on any atom is 0.416 e. The number of carbonyl (C=O) groups is 1. The van der Waals surface area contributed by atoms with Crippen molar-refractivity contribution in [2.24, 2.45) is 11.7 Å². The highest BCUT2D eigenvalue weighted by atomic mass is 35.5. The van der Waals surface area contributed by atoms with E-state index in [2.05, 4.69) is 5.32 Å². The number of hydrogen-bond acceptors (Lipinski definition) is 2. The van der Waals surface area contributed by atoms with E-state index in [0.717, 1.165) is 12.1 Å². The average molecular weight is 353 g/mol. The molecule has 1 amide bonds. The highest BCUT2D eigenvalue weighted by Gasteiger charge is 2.31. The highest BCUT2D eigenvalue weighted by molar-refractivity contribution is 5.85. The van der Waals surface area contributed by atoms with Gasteiger partial charge in [-0.05, 0) is 30.9 Å². The normalized spacial score (nSPS) is 14.1. The molecule has 0 heterocycles. The molecule has 0 saturated carbocycles. The Hall–Kier alpha value is -1.27. The first-order valence-electron chi connectivity index (χ1n) is 7.23. The zero-order valence-corrected chi connectivity index (χ0v) is 14.4. The third-order valence-corrected chi connectivity index (χ3v) is 3.37. The van der Waals surface area contributed by atoms with Crippen molar-refractivity contribution < 1.29 is 18.0 Å². The largest absolute Gasteiger partial charge is 0.416 e. The number of nitrogens with two attached hydrogens (primary N) is 1. The van der Waals surface area contributed by atoms with Crippen molar-refractivity contribution in [3.63, 3.8) is 0 Å². The minimum atomic E-state index is -4.41. The topological polar surface area (TPSA) is 55.1 Å². The Morgan fingerprint density at radius 1 is 1.30 bits per heavy atom. The number of amides is 1. The maximum absolute atomic E-state index is 12.7. The summed E-state index contributed by atoms with van der Waals surface area (Å²) in [4.78, 5) is 12.1. The summed E-state index contributed by atoms with van der Waals surface area (Å²) in [6.45, 7) is 6.16. The minimum Gasteiger partial charge on any atom is -0.349 e. The lowest BCUT2D eigenvalue weighted by Crippen LogP contribution is -2.52. The van der Waals surface area contributed by atoms with E-state index >= 15 is 0 Å². The number of halogens is 4. The molecule has 1 aromatic rings. The van der Waals surface area contributed by atoms with E-state index < -0.39 is 17.3 Å². The van der Waals surface area contributed by atoms with Gasteiger partial charge in [-0.25, -0.2) is 0 Å². The summed E-state index contributed by atoms with van der Waals surface area (Å²) in [6.07, 6.45) is -3.80. The number of nitrogens with one attached hydrogen (secondary N) is 1. The number of hydrogen-bond donors (Lipinski definition) is 2. The third kappa shape index (κ3) is 7.22. The quantitative estimate of drug-likeness (QED) is 0.822. The molecular formula is C16H24ClF3N2O. The van der Waals surface area contributed by atoms with Crippen LogP contribution in [-0.2, 0) is 17.4 Å². The first-order valence-corrected chi connectivity index (χ1v) is 7.23. The molecule has 0 bridgehead atoms. The number of alkyl halides is 3. The van der Waals surface area contributed by atoms with Crippen LogP contribution in [0.4, 0.5) is 13.2 Å². The van der Waals surface area contributed by atoms with Crippen LogP contribution in [0.3, 0.4) is 0 Å². The van der Waals surface area contributed by atoms with Gasteiger partial charge in [0, 0.05) is 12.1 Å². The average Bonchev–Trinajstić information content (AvgIpc) is 2.36. The summed E-state index contributed by atoms with van der Waals surface area (Å²) >= 11 is 0. The van der Waals surface area contributed by atoms with Crippen LogP contribution in [0, 0.1) is 5.92 Å². The van der Waals surface area contributed by atoms with E-state index in [-0.39, 0.29) is 31.3 Å². The smallest absolute Gasteiger partial charge is 0.349 e. The number of rotatable bonds is 6. The molecule has 0 aromatic heterocycles. The molecule has 7 heteroatoms. The number of carbonyl (C=O) groups excluding carboxylic acids is 1. The molecule has 3 nitrogen and oxygen atoms in total. The Balaban J connectivity index is 0.00000484. The van der Waals surface area contributed by atoms with Crippen molar-refractivity contribution in [2.75, 3.05) is 6.54 Å². The predicted molar refractivity (Wildman–Crippen MR) is 87.5 cm³/mol. The fraction of sp³-hybridized carbons (Fsp3) is 0.562. The van der Waals surface area contributed by atoms with Gasteiger partial charge >= 0.3 is 6.18 Å². The first kappa shape index (κ1) is 21.7. The molecule has 132 valence electrons. The van der Waals surface area contributed by atoms with Crippen LogP contribution in [0.15, 0.2) is 24.3 Å². The molecule has 1 unspecified atom stereocenters. The molecule has 1 aromatic carbocycles. The SMILES string of the molecule is CC(C)CC(C)(CN)NC(=O)Cc1cccc(C(F)(F)F)c1.Cl. The van der Waals surface area contributed by atoms with E-state index in [1.54, 1.807) is 0 Å². The second-order valence-electron chi connectivity index (χ2n) is 6.29. The van der Waals surface area contributed by atoms with Crippen molar-refractivity contribution in [3.05, 3.63) is 35.4 Å². The second-order valence-corrected chi connectivity index (χ2v) is 6.29. The molecule has 1 atom stereocenters. The molecule has 1 rings (SSSR count). The Morgan fingerprint density at radius 2 is 1.91 bits per heavy atom. The molecular weight excluding hydrogens is 329 g/mol. The Labute approximate surface area is 141 Å². The van der Waals surface area contributed by atoms with Crippen molar-refractivity contribution >= 4 is 18.3 Å². The first-order chi connectivity index (χ1) is 10.1. The van der Waals surface area contributed by atoms with Crippen molar-refractivity contribution in [1.29, 1.82) is 0 Å². The van der Waals surface area contributed by atoms with Gasteiger partial charge in [0.1, 0.15) is 0 Å². The van der Waals surface area contributed by atoms with Crippen LogP contribution in [0.2, 0.25) is 0 Å². The molecule has 3 N–H and O–H groups in total. The van der Waals surface area contributed by atoms with Crippen LogP contribution in [0.1, 0.15) is 38.3 Å². The fourth-order valence-electron chi connectivity index (χ4n) is 2.51. The van der Waals surface area contributed by atoms with E-state index in [1.807, 2.05) is 20.8 Å². The molecule has 0 saturated heterocycles. The maximum atomic E-state index is 12.7. The van der Waals surface area contributed by atoms with Gasteiger partial charge in [0.15, 0.2) is 0 Å². The predicted octanol–water partition coefficient (Wildman–Crippen LogP) is 3.55. The second kappa shape index (κ2) is 8.55. The summed E-state index contributed by atoms with van der Waals surface area (Å²) in [5.41, 5.74) is 4.75. The van der Waals surface area contributed by atoms with Crippen molar-refractivity contribution in [1.82, 2.24) is 5.32 Å². The summed E-state index contributed by atoms with van der Waals surface area (Å²) in [5, 5.41) is 2.84. The van der Waals surface area contributed by atoms with Gasteiger partial charge < -0.3 is 11.1 Å². The van der Waals surface area contributed by atoms with E-state index in [1.165, 1.54) is 12.1 Å². The van der Waals surface area contributed by atoms with Gasteiger partial charge in [-0.1, -0.05) is 32.0 Å². The molecule has 23 heavy (non-hydrogen) atoms. The number of benzene rings is 1. The lowest BCUT2D eigenvalue weighted by molar-refractivity contribution is -0.137. The van der Waals surface area contributed by atoms with Gasteiger partial charge in [0.05, 0.1) is 12.0 Å². The third-order valence-electron chi connectivity index (χ3n) is 3.37. The highest BCUT2D eigenvalue weighted by Crippen LogP contribution is 2.29. The minimum absolute atomic E-state index is 0. The Morgan fingerprint density at radius 3 is 2.39 bits per heavy atom. The van der Waals surface area contributed by atoms with Crippen molar-refractivity contribution in [3.8, 4) is 0 Å². The van der Waals surface area contributed by atoms with Crippen LogP contribution >= 0.6 is 12.4 Å².